The first kappa shape index (κ1) is 11.6. The Kier molecular flexibility index (Phi) is 5.08. The normalized spacial score (nSPS) is 11.5. The Balaban J connectivity index is 3.76. The monoisotopic (exact) mass is 193 g/mol. The third kappa shape index (κ3) is 5.26. The second-order valence-electron chi connectivity index (χ2n) is 2.56. The summed E-state index contributed by atoms with van der Waals surface area (Å²) >= 11 is 0. The maximum atomic E-state index is 10.9. The molecule has 0 unspecified atom stereocenters. The molecular weight excluding hydrogens is 178 g/mol. The number of carbonyl (C=O) groups is 1. The highest BCUT2D eigenvalue weighted by Crippen LogP contribution is 1.93. The Morgan fingerprint density at radius 2 is 2.00 bits per heavy atom. The summed E-state index contributed by atoms with van der Waals surface area (Å²) in [4.78, 5) is 10.9. The van der Waals surface area contributed by atoms with E-state index >= 15 is 0 Å². The minimum atomic E-state index is -2.98. The number of Topliss-reactive ketones (excluding diaryl/α,β-unsaturated/α-hetero) is 1. The molecule has 0 bridgehead atoms. The molecule has 12 heavy (non-hydrogen) atoms. The molecule has 0 heterocycles. The molecule has 0 saturated carbocycles. The van der Waals surface area contributed by atoms with E-state index in [1.807, 2.05) is 0 Å². The number of sulfone groups is 1. The van der Waals surface area contributed by atoms with Gasteiger partial charge in [-0.1, -0.05) is 6.92 Å². The minimum absolute atomic E-state index is 0.0238. The molecule has 0 aromatic heterocycles. The summed E-state index contributed by atoms with van der Waals surface area (Å²) in [7, 11) is -1.32. The number of ketones is 1. The molecule has 0 saturated heterocycles. The van der Waals surface area contributed by atoms with E-state index in [1.165, 1.54) is 0 Å². The lowest BCUT2D eigenvalue weighted by molar-refractivity contribution is -0.117. The van der Waals surface area contributed by atoms with Crippen LogP contribution in [0.15, 0.2) is 0 Å². The highest BCUT2D eigenvalue weighted by molar-refractivity contribution is 7.91. The smallest absolute Gasteiger partial charge is 0.150 e. The summed E-state index contributed by atoms with van der Waals surface area (Å²) in [5.74, 6) is 0.0265. The Labute approximate surface area is 73.3 Å². The van der Waals surface area contributed by atoms with Crippen LogP contribution in [0, 0.1) is 0 Å². The van der Waals surface area contributed by atoms with Crippen LogP contribution in [0.5, 0.6) is 0 Å². The quantitative estimate of drug-likeness (QED) is 0.623. The fraction of sp³-hybridized carbons (Fsp3) is 0.857. The molecule has 0 atom stereocenters. The zero-order valence-electron chi connectivity index (χ0n) is 7.46. The average molecular weight is 193 g/mol. The molecule has 0 rings (SSSR count). The summed E-state index contributed by atoms with van der Waals surface area (Å²) in [5, 5.41) is 2.68. The van der Waals surface area contributed by atoms with Gasteiger partial charge in [0, 0.05) is 12.2 Å². The molecule has 0 aliphatic heterocycles. The van der Waals surface area contributed by atoms with Crippen molar-refractivity contribution in [2.24, 2.45) is 0 Å². The number of hydrogen-bond acceptors (Lipinski definition) is 4. The van der Waals surface area contributed by atoms with Crippen molar-refractivity contribution in [3.05, 3.63) is 0 Å². The van der Waals surface area contributed by atoms with Gasteiger partial charge in [0.05, 0.1) is 12.3 Å². The SMILES string of the molecule is CCS(=O)(=O)CCC(=O)CNC. The van der Waals surface area contributed by atoms with Crippen LogP contribution in [0.2, 0.25) is 0 Å². The lowest BCUT2D eigenvalue weighted by Gasteiger charge is -1.99. The van der Waals surface area contributed by atoms with E-state index in [-0.39, 0.29) is 30.3 Å². The second kappa shape index (κ2) is 5.27. The molecule has 0 spiro atoms. The van der Waals surface area contributed by atoms with E-state index in [1.54, 1.807) is 14.0 Å². The van der Waals surface area contributed by atoms with Crippen molar-refractivity contribution in [1.29, 1.82) is 0 Å². The molecule has 0 amide bonds. The topological polar surface area (TPSA) is 63.2 Å². The summed E-state index contributed by atoms with van der Waals surface area (Å²) in [5.41, 5.74) is 0. The molecule has 0 aliphatic rings. The molecule has 0 fully saturated rings. The molecule has 4 nitrogen and oxygen atoms in total. The second-order valence-corrected chi connectivity index (χ2v) is 5.03. The number of likely N-dealkylation sites (N-methyl/N-ethyl adjacent to an activating group) is 1. The summed E-state index contributed by atoms with van der Waals surface area (Å²) in [6.45, 7) is 1.83. The molecule has 5 heteroatoms. The van der Waals surface area contributed by atoms with Crippen molar-refractivity contribution in [1.82, 2.24) is 5.32 Å². The number of rotatable bonds is 6. The molecule has 1 N–H and O–H groups in total. The van der Waals surface area contributed by atoms with Crippen LogP contribution in [0.4, 0.5) is 0 Å². The molecule has 0 aliphatic carbocycles. The van der Waals surface area contributed by atoms with Gasteiger partial charge in [-0.05, 0) is 7.05 Å². The van der Waals surface area contributed by atoms with Gasteiger partial charge in [0.1, 0.15) is 15.6 Å². The minimum Gasteiger partial charge on any atom is -0.313 e. The molecular formula is C7H15NO3S. The van der Waals surface area contributed by atoms with Crippen LogP contribution in [0.1, 0.15) is 13.3 Å². The highest BCUT2D eigenvalue weighted by Gasteiger charge is 2.09. The highest BCUT2D eigenvalue weighted by atomic mass is 32.2. The predicted molar refractivity (Wildman–Crippen MR) is 47.9 cm³/mol. The van der Waals surface area contributed by atoms with Gasteiger partial charge in [-0.2, -0.15) is 0 Å². The summed E-state index contributed by atoms with van der Waals surface area (Å²) < 4.78 is 21.9. The van der Waals surface area contributed by atoms with Crippen molar-refractivity contribution >= 4 is 15.6 Å². The van der Waals surface area contributed by atoms with Crippen molar-refractivity contribution in [3.63, 3.8) is 0 Å². The van der Waals surface area contributed by atoms with Gasteiger partial charge in [-0.3, -0.25) is 4.79 Å². The van der Waals surface area contributed by atoms with Crippen LogP contribution < -0.4 is 5.32 Å². The van der Waals surface area contributed by atoms with Gasteiger partial charge >= 0.3 is 0 Å². The van der Waals surface area contributed by atoms with Gasteiger partial charge in [-0.25, -0.2) is 8.42 Å². The lowest BCUT2D eigenvalue weighted by atomic mass is 10.3. The van der Waals surface area contributed by atoms with E-state index in [0.717, 1.165) is 0 Å². The molecule has 72 valence electrons. The van der Waals surface area contributed by atoms with E-state index in [0.29, 0.717) is 0 Å². The van der Waals surface area contributed by atoms with Gasteiger partial charge < -0.3 is 5.32 Å². The lowest BCUT2D eigenvalue weighted by Crippen LogP contribution is -2.21. The van der Waals surface area contributed by atoms with Crippen LogP contribution in [0.3, 0.4) is 0 Å². The average Bonchev–Trinajstić information content (AvgIpc) is 2.02. The fourth-order valence-corrected chi connectivity index (χ4v) is 1.53. The molecule has 0 radical (unpaired) electrons. The number of carbonyl (C=O) groups excluding carboxylic acids is 1. The Morgan fingerprint density at radius 1 is 1.42 bits per heavy atom. The van der Waals surface area contributed by atoms with Gasteiger partial charge in [0.2, 0.25) is 0 Å². The van der Waals surface area contributed by atoms with Gasteiger partial charge in [0.15, 0.2) is 0 Å². The van der Waals surface area contributed by atoms with Crippen LogP contribution >= 0.6 is 0 Å². The van der Waals surface area contributed by atoms with E-state index in [9.17, 15) is 13.2 Å². The standard InChI is InChI=1S/C7H15NO3S/c1-3-12(10,11)5-4-7(9)6-8-2/h8H,3-6H2,1-2H3. The first-order chi connectivity index (χ1) is 5.52. The van der Waals surface area contributed by atoms with E-state index in [4.69, 9.17) is 0 Å². The zero-order valence-corrected chi connectivity index (χ0v) is 8.28. The third-order valence-corrected chi connectivity index (χ3v) is 3.21. The summed E-state index contributed by atoms with van der Waals surface area (Å²) in [6, 6.07) is 0. The van der Waals surface area contributed by atoms with E-state index in [2.05, 4.69) is 5.32 Å². The largest absolute Gasteiger partial charge is 0.313 e. The van der Waals surface area contributed by atoms with Crippen molar-refractivity contribution in [2.75, 3.05) is 25.1 Å². The first-order valence-electron chi connectivity index (χ1n) is 3.88. The Morgan fingerprint density at radius 3 is 2.42 bits per heavy atom. The molecule has 0 aromatic rings. The zero-order chi connectivity index (χ0) is 9.61. The van der Waals surface area contributed by atoms with E-state index < -0.39 is 9.84 Å². The fourth-order valence-electron chi connectivity index (χ4n) is 0.699. The predicted octanol–water partition coefficient (Wildman–Crippen LogP) is -0.400. The molecule has 0 aromatic carbocycles. The summed E-state index contributed by atoms with van der Waals surface area (Å²) in [6.07, 6.45) is 0.122. The third-order valence-electron chi connectivity index (χ3n) is 1.51. The van der Waals surface area contributed by atoms with Crippen LogP contribution in [-0.2, 0) is 14.6 Å². The number of nitrogens with one attached hydrogen (secondary N) is 1. The first-order valence-corrected chi connectivity index (χ1v) is 5.70. The Bertz CT molecular complexity index is 233. The Hall–Kier alpha value is -0.420. The maximum absolute atomic E-state index is 10.9. The van der Waals surface area contributed by atoms with Crippen LogP contribution in [-0.4, -0.2) is 39.3 Å². The van der Waals surface area contributed by atoms with Gasteiger partial charge in [0.25, 0.3) is 0 Å². The van der Waals surface area contributed by atoms with Crippen molar-refractivity contribution < 1.29 is 13.2 Å². The number of hydrogen-bond donors (Lipinski definition) is 1. The van der Waals surface area contributed by atoms with Gasteiger partial charge in [-0.15, -0.1) is 0 Å². The van der Waals surface area contributed by atoms with Crippen molar-refractivity contribution in [2.45, 2.75) is 13.3 Å². The van der Waals surface area contributed by atoms with Crippen molar-refractivity contribution in [3.8, 4) is 0 Å². The van der Waals surface area contributed by atoms with Crippen LogP contribution in [0.25, 0.3) is 0 Å². The maximum Gasteiger partial charge on any atom is 0.150 e.